The minimum absolute atomic E-state index is 0.0906. The fraction of sp³-hybridized carbons (Fsp3) is 0.261. The maximum absolute atomic E-state index is 12.7. The van der Waals surface area contributed by atoms with Crippen LogP contribution in [0.1, 0.15) is 43.5 Å². The molecular weight excluding hydrogens is 430 g/mol. The number of aromatic nitrogens is 2. The number of fused-ring (bicyclic) bond motifs is 1. The Kier molecular flexibility index (Phi) is 5.82. The number of hydrogen-bond donors (Lipinski definition) is 0. The number of benzene rings is 1. The Morgan fingerprint density at radius 3 is 2.61 bits per heavy atom. The number of Topliss-reactive ketones (excluding diaryl/α,β-unsaturated/α-hetero) is 1. The van der Waals surface area contributed by atoms with Crippen LogP contribution in [-0.4, -0.2) is 39.6 Å². The standard InChI is InChI=1S/C23H21N3O7/c1-13-8-17(15(3)25(13)10-16-4-7-21-22(9-16)33-12-32-21)20(27)11-31-23(28)18-5-6-19(26(29)30)14(2)24-18/h4-9H,10-12H2,1-3H3. The lowest BCUT2D eigenvalue weighted by molar-refractivity contribution is -0.385. The summed E-state index contributed by atoms with van der Waals surface area (Å²) >= 11 is 0. The zero-order valence-electron chi connectivity index (χ0n) is 18.3. The van der Waals surface area contributed by atoms with Gasteiger partial charge in [0.25, 0.3) is 5.69 Å². The van der Waals surface area contributed by atoms with E-state index in [-0.39, 0.29) is 29.7 Å². The van der Waals surface area contributed by atoms with Crippen LogP contribution in [0.15, 0.2) is 36.4 Å². The molecule has 0 bridgehead atoms. The normalized spacial score (nSPS) is 12.0. The molecule has 0 saturated heterocycles. The minimum atomic E-state index is -0.824. The van der Waals surface area contributed by atoms with Crippen molar-refractivity contribution in [3.63, 3.8) is 0 Å². The van der Waals surface area contributed by atoms with Crippen molar-refractivity contribution in [1.82, 2.24) is 9.55 Å². The predicted molar refractivity (Wildman–Crippen MR) is 116 cm³/mol. The molecule has 0 atom stereocenters. The number of nitro groups is 1. The maximum Gasteiger partial charge on any atom is 0.357 e. The average molecular weight is 451 g/mol. The molecule has 0 spiro atoms. The van der Waals surface area contributed by atoms with Crippen molar-refractivity contribution in [2.75, 3.05) is 13.4 Å². The molecular formula is C23H21N3O7. The Hall–Kier alpha value is -4.21. The van der Waals surface area contributed by atoms with Gasteiger partial charge in [-0.1, -0.05) is 6.07 Å². The van der Waals surface area contributed by atoms with Crippen LogP contribution in [0.3, 0.4) is 0 Å². The zero-order valence-corrected chi connectivity index (χ0v) is 18.3. The summed E-state index contributed by atoms with van der Waals surface area (Å²) in [6.45, 7) is 5.42. The fourth-order valence-electron chi connectivity index (χ4n) is 3.69. The SMILES string of the molecule is Cc1nc(C(=O)OCC(=O)c2cc(C)n(Cc3ccc4c(c3)OCO4)c2C)ccc1[N+](=O)[O-]. The number of nitrogens with zero attached hydrogens (tertiary/aromatic N) is 3. The molecule has 1 aliphatic heterocycles. The molecule has 0 N–H and O–H groups in total. The molecule has 2 aromatic heterocycles. The number of hydrogen-bond acceptors (Lipinski definition) is 8. The third-order valence-electron chi connectivity index (χ3n) is 5.45. The van der Waals surface area contributed by atoms with Gasteiger partial charge in [0.1, 0.15) is 11.4 Å². The molecule has 10 nitrogen and oxygen atoms in total. The van der Waals surface area contributed by atoms with Gasteiger partial charge in [0.15, 0.2) is 18.1 Å². The van der Waals surface area contributed by atoms with Crippen molar-refractivity contribution in [2.24, 2.45) is 0 Å². The van der Waals surface area contributed by atoms with Crippen molar-refractivity contribution in [3.05, 3.63) is 80.4 Å². The van der Waals surface area contributed by atoms with E-state index in [0.29, 0.717) is 23.6 Å². The summed E-state index contributed by atoms with van der Waals surface area (Å²) < 4.78 is 17.9. The Balaban J connectivity index is 1.44. The smallest absolute Gasteiger partial charge is 0.357 e. The summed E-state index contributed by atoms with van der Waals surface area (Å²) in [5.41, 5.74) is 2.87. The van der Waals surface area contributed by atoms with Gasteiger partial charge in [-0.25, -0.2) is 9.78 Å². The predicted octanol–water partition coefficient (Wildman–Crippen LogP) is 3.53. The quantitative estimate of drug-likeness (QED) is 0.231. The molecule has 0 saturated carbocycles. The van der Waals surface area contributed by atoms with E-state index in [4.69, 9.17) is 14.2 Å². The lowest BCUT2D eigenvalue weighted by Gasteiger charge is -2.11. The van der Waals surface area contributed by atoms with Crippen LogP contribution < -0.4 is 9.47 Å². The highest BCUT2D eigenvalue weighted by Crippen LogP contribution is 2.33. The van der Waals surface area contributed by atoms with Crippen LogP contribution in [0, 0.1) is 30.9 Å². The number of esters is 1. The van der Waals surface area contributed by atoms with Crippen LogP contribution in [-0.2, 0) is 11.3 Å². The molecule has 0 aliphatic carbocycles. The third kappa shape index (κ3) is 4.40. The van der Waals surface area contributed by atoms with Crippen LogP contribution >= 0.6 is 0 Å². The number of aryl methyl sites for hydroxylation is 2. The van der Waals surface area contributed by atoms with Crippen molar-refractivity contribution < 1.29 is 28.7 Å². The summed E-state index contributed by atoms with van der Waals surface area (Å²) in [7, 11) is 0. The molecule has 3 heterocycles. The first-order valence-electron chi connectivity index (χ1n) is 10.1. The van der Waals surface area contributed by atoms with Gasteiger partial charge in [0.05, 0.1) is 4.92 Å². The monoisotopic (exact) mass is 451 g/mol. The summed E-state index contributed by atoms with van der Waals surface area (Å²) in [4.78, 5) is 39.2. The second-order valence-corrected chi connectivity index (χ2v) is 7.62. The van der Waals surface area contributed by atoms with E-state index < -0.39 is 17.5 Å². The lowest BCUT2D eigenvalue weighted by Crippen LogP contribution is -2.16. The van der Waals surface area contributed by atoms with Gasteiger partial charge in [-0.15, -0.1) is 0 Å². The van der Waals surface area contributed by atoms with E-state index in [0.717, 1.165) is 17.0 Å². The Bertz CT molecular complexity index is 1280. The zero-order chi connectivity index (χ0) is 23.7. The molecule has 1 aliphatic rings. The van der Waals surface area contributed by atoms with E-state index in [9.17, 15) is 19.7 Å². The second kappa shape index (κ2) is 8.73. The van der Waals surface area contributed by atoms with Gasteiger partial charge in [-0.3, -0.25) is 14.9 Å². The first-order valence-corrected chi connectivity index (χ1v) is 10.1. The lowest BCUT2D eigenvalue weighted by atomic mass is 10.1. The van der Waals surface area contributed by atoms with E-state index in [1.54, 1.807) is 6.07 Å². The summed E-state index contributed by atoms with van der Waals surface area (Å²) in [6, 6.07) is 9.84. The van der Waals surface area contributed by atoms with Gasteiger partial charge in [-0.05, 0) is 50.6 Å². The van der Waals surface area contributed by atoms with Crippen molar-refractivity contribution in [2.45, 2.75) is 27.3 Å². The molecule has 10 heteroatoms. The van der Waals surface area contributed by atoms with Gasteiger partial charge < -0.3 is 18.8 Å². The van der Waals surface area contributed by atoms with E-state index in [2.05, 4.69) is 4.98 Å². The van der Waals surface area contributed by atoms with Crippen molar-refractivity contribution >= 4 is 17.4 Å². The minimum Gasteiger partial charge on any atom is -0.454 e. The second-order valence-electron chi connectivity index (χ2n) is 7.62. The van der Waals surface area contributed by atoms with Crippen molar-refractivity contribution in [3.8, 4) is 11.5 Å². The number of carbonyl (C=O) groups is 2. The number of ketones is 1. The molecule has 170 valence electrons. The summed E-state index contributed by atoms with van der Waals surface area (Å²) in [6.07, 6.45) is 0. The molecule has 0 amide bonds. The van der Waals surface area contributed by atoms with Crippen LogP contribution in [0.4, 0.5) is 5.69 Å². The molecule has 4 rings (SSSR count). The van der Waals surface area contributed by atoms with E-state index >= 15 is 0 Å². The molecule has 1 aromatic carbocycles. The number of pyridine rings is 1. The van der Waals surface area contributed by atoms with E-state index in [1.165, 1.54) is 19.1 Å². The summed E-state index contributed by atoms with van der Waals surface area (Å²) in [5, 5.41) is 10.9. The molecule has 3 aromatic rings. The van der Waals surface area contributed by atoms with Gasteiger partial charge in [0, 0.05) is 29.6 Å². The number of ether oxygens (including phenoxy) is 3. The van der Waals surface area contributed by atoms with Crippen LogP contribution in [0.2, 0.25) is 0 Å². The topological polar surface area (TPSA) is 123 Å². The molecule has 0 unspecified atom stereocenters. The van der Waals surface area contributed by atoms with E-state index in [1.807, 2.05) is 36.6 Å². The summed E-state index contributed by atoms with van der Waals surface area (Å²) in [5.74, 6) is 0.214. The van der Waals surface area contributed by atoms with Crippen LogP contribution in [0.25, 0.3) is 0 Å². The third-order valence-corrected chi connectivity index (χ3v) is 5.45. The van der Waals surface area contributed by atoms with Gasteiger partial charge >= 0.3 is 5.97 Å². The average Bonchev–Trinajstić information content (AvgIpc) is 3.36. The molecule has 0 radical (unpaired) electrons. The largest absolute Gasteiger partial charge is 0.454 e. The first-order chi connectivity index (χ1) is 15.7. The highest BCUT2D eigenvalue weighted by Gasteiger charge is 2.21. The van der Waals surface area contributed by atoms with Gasteiger partial charge in [-0.2, -0.15) is 0 Å². The number of carbonyl (C=O) groups excluding carboxylic acids is 2. The Morgan fingerprint density at radius 1 is 1.12 bits per heavy atom. The Morgan fingerprint density at radius 2 is 1.88 bits per heavy atom. The van der Waals surface area contributed by atoms with Crippen LogP contribution in [0.5, 0.6) is 11.5 Å². The molecule has 33 heavy (non-hydrogen) atoms. The highest BCUT2D eigenvalue weighted by atomic mass is 16.7. The maximum atomic E-state index is 12.7. The highest BCUT2D eigenvalue weighted by molar-refractivity contribution is 6.00. The number of rotatable bonds is 7. The Labute approximate surface area is 188 Å². The van der Waals surface area contributed by atoms with Gasteiger partial charge in [0.2, 0.25) is 12.6 Å². The molecule has 0 fully saturated rings. The first kappa shape index (κ1) is 22.0. The van der Waals surface area contributed by atoms with Crippen molar-refractivity contribution in [1.29, 1.82) is 0 Å². The fourth-order valence-corrected chi connectivity index (χ4v) is 3.69.